The zero-order valence-electron chi connectivity index (χ0n) is 15.9. The van der Waals surface area contributed by atoms with Crippen LogP contribution >= 0.6 is 0 Å². The molecule has 0 spiro atoms. The number of amides is 1. The number of rotatable bonds is 6. The van der Waals surface area contributed by atoms with Crippen molar-refractivity contribution in [3.63, 3.8) is 0 Å². The highest BCUT2D eigenvalue weighted by atomic mass is 32.2. The monoisotopic (exact) mass is 411 g/mol. The van der Waals surface area contributed by atoms with Gasteiger partial charge in [-0.1, -0.05) is 12.1 Å². The first-order valence-corrected chi connectivity index (χ1v) is 10.1. The Labute approximate surface area is 165 Å². The van der Waals surface area contributed by atoms with E-state index in [1.54, 1.807) is 32.9 Å². The van der Waals surface area contributed by atoms with Crippen molar-refractivity contribution in [3.05, 3.63) is 35.6 Å². The van der Waals surface area contributed by atoms with Gasteiger partial charge < -0.3 is 10.5 Å². The lowest BCUT2D eigenvalue weighted by molar-refractivity contribution is -0.127. The van der Waals surface area contributed by atoms with Crippen LogP contribution in [0.1, 0.15) is 32.8 Å². The Morgan fingerprint density at radius 1 is 1.43 bits per heavy atom. The largest absolute Gasteiger partial charge is 0.370 e. The number of carbonyl (C=O) groups excluding carboxylic acids is 1. The third-order valence-electron chi connectivity index (χ3n) is 5.50. The summed E-state index contributed by atoms with van der Waals surface area (Å²) >= 11 is 0. The van der Waals surface area contributed by atoms with E-state index in [9.17, 15) is 18.7 Å². The summed E-state index contributed by atoms with van der Waals surface area (Å²) in [6, 6.07) is 7.70. The first-order valence-electron chi connectivity index (χ1n) is 8.92. The number of hydrogen-bond donors (Lipinski definition) is 2. The number of carbonyl (C=O) groups is 1. The molecule has 2 fully saturated rings. The van der Waals surface area contributed by atoms with Crippen molar-refractivity contribution >= 4 is 16.9 Å². The van der Waals surface area contributed by atoms with Gasteiger partial charge in [0.05, 0.1) is 34.5 Å². The molecule has 2 aliphatic rings. The fourth-order valence-electron chi connectivity index (χ4n) is 3.91. The molecule has 1 aromatic carbocycles. The molecule has 152 valence electrons. The van der Waals surface area contributed by atoms with E-state index < -0.39 is 50.8 Å². The van der Waals surface area contributed by atoms with E-state index in [0.717, 1.165) is 0 Å². The van der Waals surface area contributed by atoms with E-state index in [2.05, 4.69) is 4.72 Å². The van der Waals surface area contributed by atoms with Crippen LogP contribution in [0.15, 0.2) is 24.3 Å². The van der Waals surface area contributed by atoms with Crippen LogP contribution in [-0.2, 0) is 27.1 Å². The summed E-state index contributed by atoms with van der Waals surface area (Å²) in [4.78, 5) is 11.7. The number of alkyl halides is 1. The number of hydrogen-bond acceptors (Lipinski definition) is 4. The fraction of sp³-hybridized carbons (Fsp3) is 0.579. The van der Waals surface area contributed by atoms with E-state index in [-0.39, 0.29) is 18.8 Å². The van der Waals surface area contributed by atoms with Crippen molar-refractivity contribution in [3.8, 4) is 6.07 Å². The number of nitrogens with two attached hydrogens (primary N) is 1. The van der Waals surface area contributed by atoms with Crippen LogP contribution in [0.5, 0.6) is 0 Å². The second-order valence-electron chi connectivity index (χ2n) is 8.34. The van der Waals surface area contributed by atoms with Crippen LogP contribution in [0, 0.1) is 29.0 Å². The van der Waals surface area contributed by atoms with Gasteiger partial charge in [-0.2, -0.15) is 5.26 Å². The van der Waals surface area contributed by atoms with Crippen molar-refractivity contribution < 1.29 is 22.5 Å². The zero-order chi connectivity index (χ0) is 20.9. The lowest BCUT2D eigenvalue weighted by atomic mass is 9.89. The Balaban J connectivity index is 1.87. The number of nitriles is 1. The Kier molecular flexibility index (Phi) is 5.11. The molecule has 0 heterocycles. The lowest BCUT2D eigenvalue weighted by Crippen LogP contribution is -2.59. The van der Waals surface area contributed by atoms with E-state index >= 15 is 4.39 Å². The molecular formula is C19H23F2N3O3S. The molecule has 0 aliphatic heterocycles. The molecule has 28 heavy (non-hydrogen) atoms. The van der Waals surface area contributed by atoms with Gasteiger partial charge in [-0.05, 0) is 44.9 Å². The Morgan fingerprint density at radius 3 is 2.54 bits per heavy atom. The minimum Gasteiger partial charge on any atom is -0.370 e. The summed E-state index contributed by atoms with van der Waals surface area (Å²) in [5.74, 6) is -3.31. The molecule has 2 saturated carbocycles. The highest BCUT2D eigenvalue weighted by Gasteiger charge is 2.83. The van der Waals surface area contributed by atoms with Gasteiger partial charge in [0, 0.05) is 11.8 Å². The maximum atomic E-state index is 15.1. The number of nitrogens with one attached hydrogen (secondary N) is 1. The topological polar surface area (TPSA) is 105 Å². The summed E-state index contributed by atoms with van der Waals surface area (Å²) in [6.07, 6.45) is -0.709. The highest BCUT2D eigenvalue weighted by molar-refractivity contribution is 7.84. The zero-order valence-corrected chi connectivity index (χ0v) is 16.7. The van der Waals surface area contributed by atoms with Crippen molar-refractivity contribution in [2.24, 2.45) is 17.6 Å². The Morgan fingerprint density at radius 2 is 2.04 bits per heavy atom. The van der Waals surface area contributed by atoms with Crippen LogP contribution in [0.4, 0.5) is 8.78 Å². The average molecular weight is 411 g/mol. The normalized spacial score (nSPS) is 35.1. The third kappa shape index (κ3) is 3.23. The van der Waals surface area contributed by atoms with E-state index in [0.29, 0.717) is 5.56 Å². The number of benzene rings is 1. The summed E-state index contributed by atoms with van der Waals surface area (Å²) in [5, 5.41) is 9.95. The van der Waals surface area contributed by atoms with E-state index in [4.69, 9.17) is 10.5 Å². The molecule has 9 heteroatoms. The second-order valence-corrected chi connectivity index (χ2v) is 10.3. The van der Waals surface area contributed by atoms with E-state index in [1.165, 1.54) is 12.1 Å². The van der Waals surface area contributed by atoms with Gasteiger partial charge >= 0.3 is 0 Å². The number of fused-ring (bicyclic) bond motifs is 1. The Bertz CT molecular complexity index is 851. The summed E-state index contributed by atoms with van der Waals surface area (Å²) in [7, 11) is -1.70. The molecule has 0 unspecified atom stereocenters. The number of primary amides is 1. The smallest absolute Gasteiger partial charge is 0.255 e. The minimum atomic E-state index is -2.32. The summed E-state index contributed by atoms with van der Waals surface area (Å²) in [5.41, 5.74) is 1.93. The van der Waals surface area contributed by atoms with Crippen LogP contribution in [0.3, 0.4) is 0 Å². The molecule has 0 bridgehead atoms. The van der Waals surface area contributed by atoms with Crippen LogP contribution < -0.4 is 10.5 Å². The molecule has 3 N–H and O–H groups in total. The Hall–Kier alpha value is -1.89. The SMILES string of the molecule is CC(C)(C)[S@](=O)N[C@]1(C#N)[C@H]2[C@@H](C[C@H]1OCc1ccc(F)cc1)[C@]2(F)C(N)=O. The van der Waals surface area contributed by atoms with Crippen LogP contribution in [0.25, 0.3) is 0 Å². The van der Waals surface area contributed by atoms with Crippen LogP contribution in [-0.4, -0.2) is 32.2 Å². The van der Waals surface area contributed by atoms with Crippen molar-refractivity contribution in [2.45, 2.75) is 55.9 Å². The molecule has 0 aromatic heterocycles. The summed E-state index contributed by atoms with van der Waals surface area (Å²) in [6.45, 7) is 5.20. The predicted molar refractivity (Wildman–Crippen MR) is 99.0 cm³/mol. The van der Waals surface area contributed by atoms with Gasteiger partial charge in [0.1, 0.15) is 5.82 Å². The molecule has 3 rings (SSSR count). The van der Waals surface area contributed by atoms with Gasteiger partial charge in [-0.15, -0.1) is 0 Å². The fourth-order valence-corrected chi connectivity index (χ4v) is 4.83. The highest BCUT2D eigenvalue weighted by Crippen LogP contribution is 2.67. The van der Waals surface area contributed by atoms with Crippen molar-refractivity contribution in [2.75, 3.05) is 0 Å². The number of halogens is 2. The molecule has 6 atom stereocenters. The van der Waals surface area contributed by atoms with Crippen molar-refractivity contribution in [1.82, 2.24) is 4.72 Å². The number of ether oxygens (including phenoxy) is 1. The predicted octanol–water partition coefficient (Wildman–Crippen LogP) is 1.87. The average Bonchev–Trinajstić information content (AvgIpc) is 3.08. The van der Waals surface area contributed by atoms with Gasteiger partial charge in [-0.3, -0.25) is 4.79 Å². The number of nitrogens with zero attached hydrogens (tertiary/aromatic N) is 1. The lowest BCUT2D eigenvalue weighted by Gasteiger charge is -2.35. The molecule has 1 amide bonds. The molecule has 2 aliphatic carbocycles. The quantitative estimate of drug-likeness (QED) is 0.745. The van der Waals surface area contributed by atoms with Gasteiger partial charge in [0.15, 0.2) is 11.2 Å². The maximum absolute atomic E-state index is 15.1. The van der Waals surface area contributed by atoms with Crippen molar-refractivity contribution in [1.29, 1.82) is 5.26 Å². The van der Waals surface area contributed by atoms with E-state index in [1.807, 2.05) is 6.07 Å². The second kappa shape index (κ2) is 6.87. The van der Waals surface area contributed by atoms with Gasteiger partial charge in [-0.25, -0.2) is 17.7 Å². The molecular weight excluding hydrogens is 388 g/mol. The molecule has 0 radical (unpaired) electrons. The first-order chi connectivity index (χ1) is 13.0. The molecule has 0 saturated heterocycles. The van der Waals surface area contributed by atoms with Gasteiger partial charge in [0.2, 0.25) is 0 Å². The molecule has 1 aromatic rings. The maximum Gasteiger partial charge on any atom is 0.255 e. The standard InChI is InChI=1S/C19H23F2N3O3S/c1-17(2,3)28(26)24-18(10-22)14(8-13-15(18)19(13,21)16(23)25)27-9-11-4-6-12(20)7-5-11/h4-7,13-15,24H,8-9H2,1-3H3,(H2,23,25)/t13-,14-,15-,18+,19-,28+/m1/s1. The third-order valence-corrected chi connectivity index (χ3v) is 7.13. The molecule has 6 nitrogen and oxygen atoms in total. The minimum absolute atomic E-state index is 0.0630. The van der Waals surface area contributed by atoms with Crippen LogP contribution in [0.2, 0.25) is 0 Å². The van der Waals surface area contributed by atoms with Gasteiger partial charge in [0.25, 0.3) is 5.91 Å². The first kappa shape index (κ1) is 20.8. The summed E-state index contributed by atoms with van der Waals surface area (Å²) < 4.78 is 48.7.